The van der Waals surface area contributed by atoms with Gasteiger partial charge in [-0.25, -0.2) is 4.79 Å². The summed E-state index contributed by atoms with van der Waals surface area (Å²) in [6.45, 7) is 3.95. The van der Waals surface area contributed by atoms with E-state index >= 15 is 0 Å². The molecule has 0 saturated carbocycles. The van der Waals surface area contributed by atoms with Crippen molar-refractivity contribution in [3.8, 4) is 5.69 Å². The van der Waals surface area contributed by atoms with Crippen LogP contribution in [0.1, 0.15) is 60.7 Å². The average Bonchev–Trinajstić information content (AvgIpc) is 3.10. The van der Waals surface area contributed by atoms with Crippen LogP contribution < -0.4 is 5.69 Å². The molecule has 1 aliphatic rings. The molecule has 1 heterocycles. The van der Waals surface area contributed by atoms with Crippen molar-refractivity contribution in [3.63, 3.8) is 0 Å². The summed E-state index contributed by atoms with van der Waals surface area (Å²) in [6, 6.07) is 11.9. The van der Waals surface area contributed by atoms with E-state index in [2.05, 4.69) is 33.6 Å². The molecular formula is C23H27N5O2. The second-order valence-electron chi connectivity index (χ2n) is 7.74. The van der Waals surface area contributed by atoms with E-state index in [0.29, 0.717) is 17.7 Å². The number of aromatic nitrogens is 4. The van der Waals surface area contributed by atoms with Gasteiger partial charge in [-0.15, -0.1) is 0 Å². The molecule has 0 bridgehead atoms. The molecule has 0 amide bonds. The molecule has 30 heavy (non-hydrogen) atoms. The van der Waals surface area contributed by atoms with Gasteiger partial charge in [-0.05, 0) is 77.8 Å². The summed E-state index contributed by atoms with van der Waals surface area (Å²) in [5.41, 5.74) is 6.26. The third-order valence-corrected chi connectivity index (χ3v) is 5.86. The van der Waals surface area contributed by atoms with Crippen molar-refractivity contribution < 1.29 is 5.11 Å². The van der Waals surface area contributed by atoms with Crippen LogP contribution in [0.2, 0.25) is 0 Å². The first kappa shape index (κ1) is 20.2. The number of aliphatic hydroxyl groups excluding tert-OH is 1. The largest absolute Gasteiger partial charge is 0.368 e. The van der Waals surface area contributed by atoms with E-state index in [-0.39, 0.29) is 5.69 Å². The normalized spacial score (nSPS) is 15.1. The number of hydrogen-bond acceptors (Lipinski definition) is 5. The molecule has 0 saturated heterocycles. The van der Waals surface area contributed by atoms with Crippen LogP contribution in [0, 0.1) is 0 Å². The summed E-state index contributed by atoms with van der Waals surface area (Å²) in [7, 11) is 1.55. The maximum atomic E-state index is 12.4. The van der Waals surface area contributed by atoms with Gasteiger partial charge < -0.3 is 5.11 Å². The highest BCUT2D eigenvalue weighted by molar-refractivity contribution is 6.00. The van der Waals surface area contributed by atoms with Gasteiger partial charge in [0.05, 0.1) is 5.69 Å². The Balaban J connectivity index is 1.80. The number of nitrogens with zero attached hydrogens (tertiary/aromatic N) is 5. The van der Waals surface area contributed by atoms with Crippen LogP contribution in [-0.2, 0) is 26.3 Å². The second kappa shape index (κ2) is 8.36. The molecule has 2 aromatic carbocycles. The number of fused-ring (bicyclic) bond motifs is 1. The lowest BCUT2D eigenvalue weighted by Crippen LogP contribution is -2.23. The molecular weight excluding hydrogens is 378 g/mol. The van der Waals surface area contributed by atoms with Crippen LogP contribution in [0.3, 0.4) is 0 Å². The Morgan fingerprint density at radius 3 is 2.67 bits per heavy atom. The quantitative estimate of drug-likeness (QED) is 0.662. The molecule has 0 aliphatic heterocycles. The van der Waals surface area contributed by atoms with Gasteiger partial charge in [0, 0.05) is 18.3 Å². The van der Waals surface area contributed by atoms with Crippen molar-refractivity contribution in [3.05, 3.63) is 74.7 Å². The van der Waals surface area contributed by atoms with Crippen molar-refractivity contribution >= 4 is 5.71 Å². The summed E-state index contributed by atoms with van der Waals surface area (Å²) in [6.07, 6.45) is 4.13. The molecule has 0 radical (unpaired) electrons. The smallest absolute Gasteiger partial charge is 0.368 e. The van der Waals surface area contributed by atoms with Crippen LogP contribution in [0.4, 0.5) is 0 Å². The SMILES string of the molecule is CCc1cccc(-n2nnn(C)c2=O)c1C(O)N=C(C)c1cccc2c1CCCC2. The zero-order chi connectivity index (χ0) is 21.3. The number of benzene rings is 2. The lowest BCUT2D eigenvalue weighted by molar-refractivity contribution is 0.187. The van der Waals surface area contributed by atoms with Crippen LogP contribution in [0.15, 0.2) is 46.2 Å². The van der Waals surface area contributed by atoms with Gasteiger partial charge in [0.1, 0.15) is 0 Å². The number of rotatable bonds is 5. The van der Waals surface area contributed by atoms with Gasteiger partial charge in [0.2, 0.25) is 0 Å². The maximum absolute atomic E-state index is 12.4. The molecule has 1 atom stereocenters. The van der Waals surface area contributed by atoms with Crippen LogP contribution in [0.5, 0.6) is 0 Å². The van der Waals surface area contributed by atoms with Crippen molar-refractivity contribution in [1.82, 2.24) is 19.8 Å². The van der Waals surface area contributed by atoms with Gasteiger partial charge in [-0.1, -0.05) is 37.3 Å². The maximum Gasteiger partial charge on any atom is 0.368 e. The number of hydrogen-bond donors (Lipinski definition) is 1. The van der Waals surface area contributed by atoms with E-state index in [1.165, 1.54) is 33.3 Å². The molecule has 7 heteroatoms. The predicted octanol–water partition coefficient (Wildman–Crippen LogP) is 2.91. The molecule has 1 aromatic heterocycles. The molecule has 1 N–H and O–H groups in total. The topological polar surface area (TPSA) is 85.3 Å². The Bertz CT molecular complexity index is 1160. The van der Waals surface area contributed by atoms with E-state index in [0.717, 1.165) is 29.7 Å². The first-order chi connectivity index (χ1) is 14.5. The fourth-order valence-corrected chi connectivity index (χ4v) is 4.29. The standard InChI is InChI=1S/C23H27N5O2/c1-4-16-10-8-14-20(28-23(30)27(3)25-26-28)21(16)22(29)24-15(2)18-13-7-11-17-9-5-6-12-19(17)18/h7-8,10-11,13-14,22,29H,4-6,9,12H2,1-3H3. The number of aliphatic imine (C=N–C) groups is 1. The zero-order valence-electron chi connectivity index (χ0n) is 17.7. The van der Waals surface area contributed by atoms with Gasteiger partial charge in [-0.2, -0.15) is 9.36 Å². The van der Waals surface area contributed by atoms with Gasteiger partial charge in [0.25, 0.3) is 0 Å². The lowest BCUT2D eigenvalue weighted by Gasteiger charge is -2.20. The Morgan fingerprint density at radius 2 is 1.93 bits per heavy atom. The van der Waals surface area contributed by atoms with Gasteiger partial charge in [0.15, 0.2) is 6.23 Å². The Hall–Kier alpha value is -3.06. The fourth-order valence-electron chi connectivity index (χ4n) is 4.29. The summed E-state index contributed by atoms with van der Waals surface area (Å²) in [4.78, 5) is 17.1. The van der Waals surface area contributed by atoms with Crippen molar-refractivity contribution in [2.45, 2.75) is 52.2 Å². The van der Waals surface area contributed by atoms with Crippen molar-refractivity contribution in [2.75, 3.05) is 0 Å². The Labute approximate surface area is 175 Å². The average molecular weight is 406 g/mol. The van der Waals surface area contributed by atoms with E-state index in [1.807, 2.05) is 26.0 Å². The van der Waals surface area contributed by atoms with E-state index in [4.69, 9.17) is 0 Å². The third kappa shape index (κ3) is 3.61. The number of aliphatic hydroxyl groups is 1. The summed E-state index contributed by atoms with van der Waals surface area (Å²) >= 11 is 0. The first-order valence-corrected chi connectivity index (χ1v) is 10.5. The van der Waals surface area contributed by atoms with Gasteiger partial charge in [-0.3, -0.25) is 4.99 Å². The molecule has 156 valence electrons. The summed E-state index contributed by atoms with van der Waals surface area (Å²) < 4.78 is 2.38. The minimum absolute atomic E-state index is 0.366. The fraction of sp³-hybridized carbons (Fsp3) is 0.391. The van der Waals surface area contributed by atoms with Crippen LogP contribution in [0.25, 0.3) is 5.69 Å². The van der Waals surface area contributed by atoms with E-state index in [9.17, 15) is 9.90 Å². The highest BCUT2D eigenvalue weighted by Gasteiger charge is 2.21. The highest BCUT2D eigenvalue weighted by atomic mass is 16.3. The minimum atomic E-state index is -1.11. The molecule has 3 aromatic rings. The minimum Gasteiger partial charge on any atom is -0.368 e. The van der Waals surface area contributed by atoms with Crippen molar-refractivity contribution in [2.24, 2.45) is 12.0 Å². The zero-order valence-corrected chi connectivity index (χ0v) is 17.7. The van der Waals surface area contributed by atoms with E-state index < -0.39 is 6.23 Å². The summed E-state index contributed by atoms with van der Waals surface area (Å²) in [5, 5.41) is 18.9. The molecule has 0 spiro atoms. The molecule has 0 fully saturated rings. The van der Waals surface area contributed by atoms with Crippen LogP contribution >= 0.6 is 0 Å². The monoisotopic (exact) mass is 405 g/mol. The molecule has 1 aliphatic carbocycles. The number of aryl methyl sites for hydroxylation is 3. The lowest BCUT2D eigenvalue weighted by atomic mass is 9.87. The summed E-state index contributed by atoms with van der Waals surface area (Å²) in [5.74, 6) is 0. The number of tetrazole rings is 1. The molecule has 4 rings (SSSR count). The molecule has 7 nitrogen and oxygen atoms in total. The molecule has 1 unspecified atom stereocenters. The Kier molecular flexibility index (Phi) is 5.63. The first-order valence-electron chi connectivity index (χ1n) is 10.5. The van der Waals surface area contributed by atoms with Crippen LogP contribution in [-0.4, -0.2) is 30.6 Å². The van der Waals surface area contributed by atoms with Crippen molar-refractivity contribution in [1.29, 1.82) is 0 Å². The predicted molar refractivity (Wildman–Crippen MR) is 116 cm³/mol. The Morgan fingerprint density at radius 1 is 1.17 bits per heavy atom. The van der Waals surface area contributed by atoms with E-state index in [1.54, 1.807) is 13.1 Å². The second-order valence-corrected chi connectivity index (χ2v) is 7.74. The highest BCUT2D eigenvalue weighted by Crippen LogP contribution is 2.29. The third-order valence-electron chi connectivity index (χ3n) is 5.86. The van der Waals surface area contributed by atoms with Gasteiger partial charge >= 0.3 is 5.69 Å².